The molecular weight excluding hydrogens is 347 g/mol. The molecule has 27 heavy (non-hydrogen) atoms. The van der Waals surface area contributed by atoms with Crippen molar-refractivity contribution in [3.05, 3.63) is 35.7 Å². The molecule has 0 bridgehead atoms. The number of ether oxygens (including phenoxy) is 1. The molecule has 1 aliphatic heterocycles. The van der Waals surface area contributed by atoms with Crippen LogP contribution < -0.4 is 5.46 Å². The second kappa shape index (κ2) is 7.06. The molecule has 9 heteroatoms. The summed E-state index contributed by atoms with van der Waals surface area (Å²) < 4.78 is 6.86. The standard InChI is InChI=1S/C18H21BN4O4/c1-18(2,3)27-17(24)22-6-4-12(5-7-22)13-8-15(19(25)26)16-14(9-20)10-21-23(16)11-13/h4,8,10-11,25-26H,5-7H2,1-3H3. The number of carbonyl (C=O) groups excluding carboxylic acids is 1. The van der Waals surface area contributed by atoms with Gasteiger partial charge in [-0.25, -0.2) is 9.31 Å². The predicted molar refractivity (Wildman–Crippen MR) is 100 cm³/mol. The minimum Gasteiger partial charge on any atom is -0.444 e. The molecule has 0 saturated carbocycles. The van der Waals surface area contributed by atoms with Crippen LogP contribution in [0.4, 0.5) is 4.79 Å². The molecule has 0 spiro atoms. The van der Waals surface area contributed by atoms with Crippen LogP contribution in [0.3, 0.4) is 0 Å². The number of pyridine rings is 1. The molecule has 8 nitrogen and oxygen atoms in total. The molecule has 0 saturated heterocycles. The van der Waals surface area contributed by atoms with E-state index in [1.165, 1.54) is 10.7 Å². The van der Waals surface area contributed by atoms with Crippen LogP contribution in [0.5, 0.6) is 0 Å². The Bertz CT molecular complexity index is 953. The molecule has 2 aromatic heterocycles. The molecule has 1 aliphatic rings. The van der Waals surface area contributed by atoms with Crippen molar-refractivity contribution in [2.75, 3.05) is 13.1 Å². The monoisotopic (exact) mass is 368 g/mol. The van der Waals surface area contributed by atoms with Gasteiger partial charge in [0.25, 0.3) is 0 Å². The van der Waals surface area contributed by atoms with Gasteiger partial charge in [-0.2, -0.15) is 10.4 Å². The van der Waals surface area contributed by atoms with E-state index in [0.29, 0.717) is 25.0 Å². The molecule has 0 atom stereocenters. The van der Waals surface area contributed by atoms with E-state index in [2.05, 4.69) is 5.10 Å². The molecule has 0 aliphatic carbocycles. The van der Waals surface area contributed by atoms with E-state index in [1.54, 1.807) is 17.2 Å². The maximum atomic E-state index is 12.2. The van der Waals surface area contributed by atoms with E-state index in [-0.39, 0.29) is 17.1 Å². The van der Waals surface area contributed by atoms with Crippen molar-refractivity contribution in [1.82, 2.24) is 14.5 Å². The summed E-state index contributed by atoms with van der Waals surface area (Å²) in [7, 11) is -1.72. The molecule has 0 aromatic carbocycles. The van der Waals surface area contributed by atoms with Crippen LogP contribution in [0, 0.1) is 11.3 Å². The highest BCUT2D eigenvalue weighted by atomic mass is 16.6. The Morgan fingerprint density at radius 1 is 1.41 bits per heavy atom. The summed E-state index contributed by atoms with van der Waals surface area (Å²) >= 11 is 0. The number of carbonyl (C=O) groups is 1. The number of fused-ring (bicyclic) bond motifs is 1. The van der Waals surface area contributed by atoms with Gasteiger partial charge in [0.15, 0.2) is 0 Å². The van der Waals surface area contributed by atoms with Gasteiger partial charge >= 0.3 is 13.2 Å². The summed E-state index contributed by atoms with van der Waals surface area (Å²) in [5.74, 6) is 0. The predicted octanol–water partition coefficient (Wildman–Crippen LogP) is 0.910. The third-order valence-corrected chi connectivity index (χ3v) is 4.27. The molecule has 140 valence electrons. The van der Waals surface area contributed by atoms with Gasteiger partial charge in [0.05, 0.1) is 17.3 Å². The molecule has 1 amide bonds. The fourth-order valence-electron chi connectivity index (χ4n) is 3.03. The van der Waals surface area contributed by atoms with E-state index in [0.717, 1.165) is 11.1 Å². The van der Waals surface area contributed by atoms with E-state index < -0.39 is 12.7 Å². The fraction of sp³-hybridized carbons (Fsp3) is 0.389. The van der Waals surface area contributed by atoms with Crippen molar-refractivity contribution in [2.24, 2.45) is 0 Å². The highest BCUT2D eigenvalue weighted by molar-refractivity contribution is 6.61. The van der Waals surface area contributed by atoms with Crippen molar-refractivity contribution >= 4 is 29.8 Å². The number of amides is 1. The summed E-state index contributed by atoms with van der Waals surface area (Å²) in [5.41, 5.74) is 2.06. The van der Waals surface area contributed by atoms with Gasteiger partial charge in [-0.05, 0) is 38.3 Å². The van der Waals surface area contributed by atoms with Gasteiger partial charge in [0.2, 0.25) is 0 Å². The van der Waals surface area contributed by atoms with E-state index in [1.807, 2.05) is 32.9 Å². The number of hydrogen-bond acceptors (Lipinski definition) is 6. The zero-order valence-corrected chi connectivity index (χ0v) is 15.5. The molecule has 0 radical (unpaired) electrons. The summed E-state index contributed by atoms with van der Waals surface area (Å²) in [6.07, 6.45) is 5.29. The quantitative estimate of drug-likeness (QED) is 0.763. The summed E-state index contributed by atoms with van der Waals surface area (Å²) in [4.78, 5) is 13.8. The third kappa shape index (κ3) is 3.97. The van der Waals surface area contributed by atoms with Crippen molar-refractivity contribution in [2.45, 2.75) is 32.8 Å². The van der Waals surface area contributed by atoms with Gasteiger partial charge in [0.1, 0.15) is 11.7 Å². The smallest absolute Gasteiger partial charge is 0.444 e. The molecule has 0 fully saturated rings. The van der Waals surface area contributed by atoms with Crippen LogP contribution in [0.2, 0.25) is 0 Å². The Balaban J connectivity index is 1.89. The number of nitrogens with zero attached hydrogens (tertiary/aromatic N) is 4. The first-order valence-electron chi connectivity index (χ1n) is 8.64. The number of hydrogen-bond donors (Lipinski definition) is 2. The average Bonchev–Trinajstić information content (AvgIpc) is 3.02. The molecular formula is C18H21BN4O4. The zero-order valence-electron chi connectivity index (χ0n) is 15.5. The lowest BCUT2D eigenvalue weighted by molar-refractivity contribution is 0.0270. The van der Waals surface area contributed by atoms with E-state index in [4.69, 9.17) is 4.74 Å². The van der Waals surface area contributed by atoms with Crippen LogP contribution in [-0.4, -0.2) is 56.5 Å². The van der Waals surface area contributed by atoms with Crippen molar-refractivity contribution in [3.8, 4) is 6.07 Å². The summed E-state index contributed by atoms with van der Waals surface area (Å²) in [6, 6.07) is 3.65. The van der Waals surface area contributed by atoms with Gasteiger partial charge in [-0.3, -0.25) is 0 Å². The Kier molecular flexibility index (Phi) is 4.96. The lowest BCUT2D eigenvalue weighted by Crippen LogP contribution is -2.39. The molecule has 3 rings (SSSR count). The average molecular weight is 368 g/mol. The minimum absolute atomic E-state index is 0.219. The molecule has 0 unspecified atom stereocenters. The highest BCUT2D eigenvalue weighted by Crippen LogP contribution is 2.24. The van der Waals surface area contributed by atoms with Gasteiger partial charge in [0, 0.05) is 24.7 Å². The fourth-order valence-corrected chi connectivity index (χ4v) is 3.03. The van der Waals surface area contributed by atoms with Gasteiger partial charge in [-0.15, -0.1) is 0 Å². The maximum absolute atomic E-state index is 12.2. The first kappa shape index (κ1) is 19.0. The van der Waals surface area contributed by atoms with Crippen molar-refractivity contribution in [3.63, 3.8) is 0 Å². The maximum Gasteiger partial charge on any atom is 0.490 e. The van der Waals surface area contributed by atoms with Crippen LogP contribution in [0.25, 0.3) is 11.1 Å². The largest absolute Gasteiger partial charge is 0.490 e. The van der Waals surface area contributed by atoms with Crippen LogP contribution in [0.15, 0.2) is 24.5 Å². The second-order valence-corrected chi connectivity index (χ2v) is 7.43. The number of aromatic nitrogens is 2. The van der Waals surface area contributed by atoms with Crippen LogP contribution in [-0.2, 0) is 4.74 Å². The minimum atomic E-state index is -1.72. The van der Waals surface area contributed by atoms with E-state index >= 15 is 0 Å². The highest BCUT2D eigenvalue weighted by Gasteiger charge is 2.25. The first-order valence-corrected chi connectivity index (χ1v) is 8.64. The molecule has 2 aromatic rings. The van der Waals surface area contributed by atoms with E-state index in [9.17, 15) is 20.1 Å². The summed E-state index contributed by atoms with van der Waals surface area (Å²) in [6.45, 7) is 6.38. The van der Waals surface area contributed by atoms with Gasteiger partial charge in [-0.1, -0.05) is 12.1 Å². The van der Waals surface area contributed by atoms with Crippen LogP contribution in [0.1, 0.15) is 38.3 Å². The molecule has 2 N–H and O–H groups in total. The second-order valence-electron chi connectivity index (χ2n) is 7.43. The lowest BCUT2D eigenvalue weighted by atomic mass is 9.78. The Labute approximate surface area is 157 Å². The summed E-state index contributed by atoms with van der Waals surface area (Å²) in [5, 5.41) is 32.8. The Morgan fingerprint density at radius 2 is 2.15 bits per heavy atom. The topological polar surface area (TPSA) is 111 Å². The third-order valence-electron chi connectivity index (χ3n) is 4.27. The van der Waals surface area contributed by atoms with Crippen molar-refractivity contribution in [1.29, 1.82) is 5.26 Å². The SMILES string of the molecule is CC(C)(C)OC(=O)N1CC=C(c2cc(B(O)O)c3c(C#N)cnn3c2)CC1. The Hall–Kier alpha value is -2.83. The first-order chi connectivity index (χ1) is 12.7. The lowest BCUT2D eigenvalue weighted by Gasteiger charge is -2.29. The van der Waals surface area contributed by atoms with Crippen molar-refractivity contribution < 1.29 is 19.6 Å². The number of rotatable bonds is 2. The normalized spacial score (nSPS) is 14.7. The molecule has 3 heterocycles. The zero-order chi connectivity index (χ0) is 19.8. The van der Waals surface area contributed by atoms with Gasteiger partial charge < -0.3 is 19.7 Å². The Morgan fingerprint density at radius 3 is 2.70 bits per heavy atom. The number of nitriles is 1. The van der Waals surface area contributed by atoms with Crippen LogP contribution >= 0.6 is 0 Å².